The Bertz CT molecular complexity index is 571. The van der Waals surface area contributed by atoms with E-state index in [-0.39, 0.29) is 5.82 Å². The Hall–Kier alpha value is -2.10. The maximum absolute atomic E-state index is 13.9. The zero-order valence-corrected chi connectivity index (χ0v) is 12.6. The number of para-hydroxylation sites is 1. The van der Waals surface area contributed by atoms with Crippen LogP contribution in [0.15, 0.2) is 42.6 Å². The minimum atomic E-state index is -0.195. The smallest absolute Gasteiger partial charge is 0.146 e. The van der Waals surface area contributed by atoms with E-state index in [0.29, 0.717) is 12.2 Å². The van der Waals surface area contributed by atoms with E-state index in [1.54, 1.807) is 18.3 Å². The van der Waals surface area contributed by atoms with Crippen molar-refractivity contribution in [2.45, 2.75) is 26.8 Å². The first kappa shape index (κ1) is 15.3. The van der Waals surface area contributed by atoms with Crippen molar-refractivity contribution in [3.63, 3.8) is 0 Å². The molecule has 0 unspecified atom stereocenters. The molecule has 1 aromatic carbocycles. The third kappa shape index (κ3) is 4.18. The molecule has 112 valence electrons. The van der Waals surface area contributed by atoms with Gasteiger partial charge in [-0.3, -0.25) is 4.98 Å². The van der Waals surface area contributed by atoms with Crippen molar-refractivity contribution in [3.8, 4) is 0 Å². The van der Waals surface area contributed by atoms with Gasteiger partial charge in [0.1, 0.15) is 5.82 Å². The Kier molecular flexibility index (Phi) is 5.55. The van der Waals surface area contributed by atoms with E-state index in [1.165, 1.54) is 6.07 Å². The van der Waals surface area contributed by atoms with Crippen molar-refractivity contribution >= 4 is 11.4 Å². The van der Waals surface area contributed by atoms with Crippen LogP contribution in [0.2, 0.25) is 0 Å². The monoisotopic (exact) mass is 287 g/mol. The first-order valence-electron chi connectivity index (χ1n) is 7.42. The van der Waals surface area contributed by atoms with Gasteiger partial charge in [-0.05, 0) is 37.6 Å². The summed E-state index contributed by atoms with van der Waals surface area (Å²) in [6.45, 7) is 6.42. The number of nitrogens with zero attached hydrogens (tertiary/aromatic N) is 2. The SMILES string of the molecule is CCCNc1ccnc(CN(CC)c2ccccc2F)c1. The molecule has 0 aliphatic heterocycles. The Morgan fingerprint density at radius 2 is 2.00 bits per heavy atom. The lowest BCUT2D eigenvalue weighted by molar-refractivity contribution is 0.617. The predicted octanol–water partition coefficient (Wildman–Crippen LogP) is 4.07. The van der Waals surface area contributed by atoms with Gasteiger partial charge in [0.25, 0.3) is 0 Å². The van der Waals surface area contributed by atoms with Gasteiger partial charge in [0.05, 0.1) is 17.9 Å². The fraction of sp³-hybridized carbons (Fsp3) is 0.353. The Balaban J connectivity index is 2.13. The van der Waals surface area contributed by atoms with E-state index < -0.39 is 0 Å². The maximum atomic E-state index is 13.9. The number of nitrogens with one attached hydrogen (secondary N) is 1. The van der Waals surface area contributed by atoms with Gasteiger partial charge in [-0.1, -0.05) is 19.1 Å². The molecule has 21 heavy (non-hydrogen) atoms. The molecule has 0 saturated heterocycles. The fourth-order valence-corrected chi connectivity index (χ4v) is 2.22. The molecular formula is C17H22FN3. The molecule has 1 N–H and O–H groups in total. The molecular weight excluding hydrogens is 265 g/mol. The van der Waals surface area contributed by atoms with Crippen LogP contribution in [-0.2, 0) is 6.54 Å². The van der Waals surface area contributed by atoms with E-state index in [1.807, 2.05) is 30.0 Å². The molecule has 2 aromatic rings. The summed E-state index contributed by atoms with van der Waals surface area (Å²) in [6, 6.07) is 10.8. The van der Waals surface area contributed by atoms with E-state index >= 15 is 0 Å². The molecule has 1 aromatic heterocycles. The molecule has 0 spiro atoms. The highest BCUT2D eigenvalue weighted by molar-refractivity contribution is 5.49. The molecule has 0 saturated carbocycles. The van der Waals surface area contributed by atoms with Gasteiger partial charge in [-0.15, -0.1) is 0 Å². The highest BCUT2D eigenvalue weighted by Gasteiger charge is 2.10. The first-order chi connectivity index (χ1) is 10.2. The summed E-state index contributed by atoms with van der Waals surface area (Å²) in [6.07, 6.45) is 2.87. The summed E-state index contributed by atoms with van der Waals surface area (Å²) in [5.74, 6) is -0.195. The number of rotatable bonds is 7. The summed E-state index contributed by atoms with van der Waals surface area (Å²) >= 11 is 0. The second-order valence-corrected chi connectivity index (χ2v) is 4.93. The van der Waals surface area contributed by atoms with E-state index in [9.17, 15) is 4.39 Å². The van der Waals surface area contributed by atoms with Crippen molar-refractivity contribution < 1.29 is 4.39 Å². The topological polar surface area (TPSA) is 28.2 Å². The van der Waals surface area contributed by atoms with Crippen LogP contribution in [0.1, 0.15) is 26.0 Å². The standard InChI is InChI=1S/C17H22FN3/c1-3-10-19-14-9-11-20-15(12-14)13-21(4-2)17-8-6-5-7-16(17)18/h5-9,11-12H,3-4,10,13H2,1-2H3,(H,19,20). The van der Waals surface area contributed by atoms with Gasteiger partial charge in [-0.2, -0.15) is 0 Å². The number of hydrogen-bond acceptors (Lipinski definition) is 3. The van der Waals surface area contributed by atoms with E-state index in [0.717, 1.165) is 30.9 Å². The van der Waals surface area contributed by atoms with Crippen molar-refractivity contribution in [2.24, 2.45) is 0 Å². The summed E-state index contributed by atoms with van der Waals surface area (Å²) < 4.78 is 13.9. The van der Waals surface area contributed by atoms with Gasteiger partial charge in [0.15, 0.2) is 0 Å². The molecule has 0 radical (unpaired) electrons. The van der Waals surface area contributed by atoms with Gasteiger partial charge in [-0.25, -0.2) is 4.39 Å². The summed E-state index contributed by atoms with van der Waals surface area (Å²) in [7, 11) is 0. The highest BCUT2D eigenvalue weighted by atomic mass is 19.1. The van der Waals surface area contributed by atoms with Crippen molar-refractivity contribution in [3.05, 3.63) is 54.1 Å². The minimum absolute atomic E-state index is 0.195. The van der Waals surface area contributed by atoms with Gasteiger partial charge in [0.2, 0.25) is 0 Å². The number of pyridine rings is 1. The lowest BCUT2D eigenvalue weighted by Crippen LogP contribution is -2.23. The normalized spacial score (nSPS) is 10.4. The predicted molar refractivity (Wildman–Crippen MR) is 86.1 cm³/mol. The molecule has 0 atom stereocenters. The van der Waals surface area contributed by atoms with Crippen molar-refractivity contribution in [2.75, 3.05) is 23.3 Å². The number of benzene rings is 1. The zero-order chi connectivity index (χ0) is 15.1. The van der Waals surface area contributed by atoms with Crippen LogP contribution in [0, 0.1) is 5.82 Å². The van der Waals surface area contributed by atoms with E-state index in [2.05, 4.69) is 17.2 Å². The number of halogens is 1. The molecule has 0 bridgehead atoms. The number of anilines is 2. The maximum Gasteiger partial charge on any atom is 0.146 e. The summed E-state index contributed by atoms with van der Waals surface area (Å²) in [5.41, 5.74) is 2.61. The first-order valence-corrected chi connectivity index (χ1v) is 7.42. The number of hydrogen-bond donors (Lipinski definition) is 1. The Morgan fingerprint density at radius 3 is 2.71 bits per heavy atom. The molecule has 0 fully saturated rings. The third-order valence-electron chi connectivity index (χ3n) is 3.32. The van der Waals surface area contributed by atoms with Crippen LogP contribution >= 0.6 is 0 Å². The lowest BCUT2D eigenvalue weighted by atomic mass is 10.2. The highest BCUT2D eigenvalue weighted by Crippen LogP contribution is 2.21. The molecule has 4 heteroatoms. The number of aromatic nitrogens is 1. The molecule has 2 rings (SSSR count). The van der Waals surface area contributed by atoms with Crippen LogP contribution in [0.3, 0.4) is 0 Å². The molecule has 1 heterocycles. The fourth-order valence-electron chi connectivity index (χ4n) is 2.22. The van der Waals surface area contributed by atoms with Gasteiger partial charge < -0.3 is 10.2 Å². The largest absolute Gasteiger partial charge is 0.385 e. The second kappa shape index (κ2) is 7.62. The van der Waals surface area contributed by atoms with Gasteiger partial charge >= 0.3 is 0 Å². The average Bonchev–Trinajstić information content (AvgIpc) is 2.52. The molecule has 0 aliphatic carbocycles. The van der Waals surface area contributed by atoms with Gasteiger partial charge in [0, 0.05) is 25.0 Å². The Morgan fingerprint density at radius 1 is 1.19 bits per heavy atom. The van der Waals surface area contributed by atoms with Crippen LogP contribution < -0.4 is 10.2 Å². The zero-order valence-electron chi connectivity index (χ0n) is 12.6. The molecule has 0 amide bonds. The quantitative estimate of drug-likeness (QED) is 0.832. The van der Waals surface area contributed by atoms with Crippen molar-refractivity contribution in [1.29, 1.82) is 0 Å². The Labute approximate surface area is 125 Å². The second-order valence-electron chi connectivity index (χ2n) is 4.93. The summed E-state index contributed by atoms with van der Waals surface area (Å²) in [5, 5.41) is 3.34. The molecule has 3 nitrogen and oxygen atoms in total. The van der Waals surface area contributed by atoms with Crippen LogP contribution in [0.25, 0.3) is 0 Å². The molecule has 0 aliphatic rings. The van der Waals surface area contributed by atoms with Crippen molar-refractivity contribution in [1.82, 2.24) is 4.98 Å². The van der Waals surface area contributed by atoms with E-state index in [4.69, 9.17) is 0 Å². The van der Waals surface area contributed by atoms with Crippen LogP contribution in [0.4, 0.5) is 15.8 Å². The van der Waals surface area contributed by atoms with Crippen LogP contribution in [-0.4, -0.2) is 18.1 Å². The summed E-state index contributed by atoms with van der Waals surface area (Å²) in [4.78, 5) is 6.37. The third-order valence-corrected chi connectivity index (χ3v) is 3.32. The average molecular weight is 287 g/mol. The minimum Gasteiger partial charge on any atom is -0.385 e. The lowest BCUT2D eigenvalue weighted by Gasteiger charge is -2.23. The van der Waals surface area contributed by atoms with Crippen LogP contribution in [0.5, 0.6) is 0 Å².